The zero-order valence-corrected chi connectivity index (χ0v) is 10.5. The first kappa shape index (κ1) is 13.5. The lowest BCUT2D eigenvalue weighted by atomic mass is 10.2. The molecule has 0 unspecified atom stereocenters. The molecule has 0 spiro atoms. The average molecular weight is 284 g/mol. The van der Waals surface area contributed by atoms with Gasteiger partial charge in [-0.3, -0.25) is 4.79 Å². The van der Waals surface area contributed by atoms with Crippen LogP contribution in [0.25, 0.3) is 10.6 Å². The highest BCUT2D eigenvalue weighted by Gasteiger charge is 2.16. The number of amides is 1. The number of hydrogen-bond acceptors (Lipinski definition) is 5. The number of nitrogens with zero attached hydrogens (tertiary/aromatic N) is 2. The topological polar surface area (TPSA) is 80.9 Å². The van der Waals surface area contributed by atoms with Crippen LogP contribution in [0.3, 0.4) is 0 Å². The highest BCUT2D eigenvalue weighted by molar-refractivity contribution is 7.18. The van der Waals surface area contributed by atoms with E-state index in [9.17, 15) is 13.6 Å². The number of nitrogens with two attached hydrogens (primary N) is 1. The molecule has 0 radical (unpaired) electrons. The lowest BCUT2D eigenvalue weighted by Gasteiger charge is -1.99. The molecular weight excluding hydrogens is 274 g/mol. The minimum Gasteiger partial charge on any atom is -0.330 e. The van der Waals surface area contributed by atoms with E-state index >= 15 is 0 Å². The monoisotopic (exact) mass is 284 g/mol. The third-order valence-electron chi connectivity index (χ3n) is 2.22. The van der Waals surface area contributed by atoms with Gasteiger partial charge in [0.05, 0.1) is 5.56 Å². The smallest absolute Gasteiger partial charge is 0.227 e. The Morgan fingerprint density at radius 2 is 2.00 bits per heavy atom. The highest BCUT2D eigenvalue weighted by atomic mass is 32.1. The van der Waals surface area contributed by atoms with Crippen LogP contribution < -0.4 is 11.1 Å². The van der Waals surface area contributed by atoms with Crippen LogP contribution in [0.1, 0.15) is 6.42 Å². The lowest BCUT2D eigenvalue weighted by Crippen LogP contribution is -2.15. The number of aromatic nitrogens is 2. The highest BCUT2D eigenvalue weighted by Crippen LogP contribution is 2.30. The summed E-state index contributed by atoms with van der Waals surface area (Å²) in [6, 6.07) is 3.53. The van der Waals surface area contributed by atoms with Gasteiger partial charge in [-0.1, -0.05) is 17.4 Å². The predicted molar refractivity (Wildman–Crippen MR) is 67.6 cm³/mol. The van der Waals surface area contributed by atoms with Gasteiger partial charge in [-0.2, -0.15) is 0 Å². The zero-order chi connectivity index (χ0) is 13.8. The normalized spacial score (nSPS) is 10.5. The maximum Gasteiger partial charge on any atom is 0.227 e. The van der Waals surface area contributed by atoms with Crippen LogP contribution in [-0.4, -0.2) is 22.6 Å². The second-order valence-corrected chi connectivity index (χ2v) is 4.57. The molecule has 100 valence electrons. The van der Waals surface area contributed by atoms with Crippen molar-refractivity contribution < 1.29 is 13.6 Å². The van der Waals surface area contributed by atoms with Gasteiger partial charge >= 0.3 is 0 Å². The molecule has 0 aliphatic rings. The third kappa shape index (κ3) is 3.09. The van der Waals surface area contributed by atoms with E-state index in [1.54, 1.807) is 0 Å². The van der Waals surface area contributed by atoms with Gasteiger partial charge in [0.1, 0.15) is 11.6 Å². The molecule has 2 aromatic rings. The second-order valence-electron chi connectivity index (χ2n) is 3.60. The van der Waals surface area contributed by atoms with E-state index in [-0.39, 0.29) is 34.6 Å². The molecule has 19 heavy (non-hydrogen) atoms. The Bertz CT molecular complexity index is 582. The van der Waals surface area contributed by atoms with E-state index in [4.69, 9.17) is 5.73 Å². The van der Waals surface area contributed by atoms with Crippen molar-refractivity contribution in [2.45, 2.75) is 6.42 Å². The van der Waals surface area contributed by atoms with Crippen molar-refractivity contribution in [3.8, 4) is 10.6 Å². The maximum absolute atomic E-state index is 13.5. The Labute approximate surface area is 111 Å². The Morgan fingerprint density at radius 1 is 1.32 bits per heavy atom. The first-order valence-electron chi connectivity index (χ1n) is 5.39. The molecule has 1 amide bonds. The maximum atomic E-state index is 13.5. The fourth-order valence-corrected chi connectivity index (χ4v) is 2.20. The molecule has 0 atom stereocenters. The first-order valence-corrected chi connectivity index (χ1v) is 6.21. The van der Waals surface area contributed by atoms with Crippen molar-refractivity contribution in [3.63, 3.8) is 0 Å². The molecule has 0 aliphatic heterocycles. The summed E-state index contributed by atoms with van der Waals surface area (Å²) in [4.78, 5) is 11.3. The molecule has 0 aliphatic carbocycles. The summed E-state index contributed by atoms with van der Waals surface area (Å²) < 4.78 is 27.0. The summed E-state index contributed by atoms with van der Waals surface area (Å²) in [5, 5.41) is 10.0. The Morgan fingerprint density at radius 3 is 2.63 bits per heavy atom. The van der Waals surface area contributed by atoms with Crippen molar-refractivity contribution in [1.29, 1.82) is 0 Å². The molecule has 2 rings (SSSR count). The molecule has 0 saturated heterocycles. The Balaban J connectivity index is 2.24. The molecule has 1 aromatic carbocycles. The number of rotatable bonds is 4. The fraction of sp³-hybridized carbons (Fsp3) is 0.182. The fourth-order valence-electron chi connectivity index (χ4n) is 1.39. The molecule has 1 heterocycles. The van der Waals surface area contributed by atoms with E-state index in [2.05, 4.69) is 15.5 Å². The third-order valence-corrected chi connectivity index (χ3v) is 3.08. The van der Waals surface area contributed by atoms with Crippen LogP contribution in [-0.2, 0) is 4.79 Å². The van der Waals surface area contributed by atoms with Gasteiger partial charge < -0.3 is 11.1 Å². The summed E-state index contributed by atoms with van der Waals surface area (Å²) in [6.07, 6.45) is 0.142. The van der Waals surface area contributed by atoms with Crippen LogP contribution in [0.15, 0.2) is 18.2 Å². The Kier molecular flexibility index (Phi) is 4.13. The molecule has 3 N–H and O–H groups in total. The van der Waals surface area contributed by atoms with Crippen LogP contribution >= 0.6 is 11.3 Å². The van der Waals surface area contributed by atoms with Crippen LogP contribution in [0, 0.1) is 11.6 Å². The number of carbonyl (C=O) groups excluding carboxylic acids is 1. The minimum atomic E-state index is -0.726. The minimum absolute atomic E-state index is 0.0682. The van der Waals surface area contributed by atoms with Gasteiger partial charge in [-0.25, -0.2) is 8.78 Å². The van der Waals surface area contributed by atoms with Crippen molar-refractivity contribution >= 4 is 22.4 Å². The van der Waals surface area contributed by atoms with Crippen molar-refractivity contribution in [1.82, 2.24) is 10.2 Å². The second kappa shape index (κ2) is 5.81. The average Bonchev–Trinajstić information content (AvgIpc) is 2.77. The number of halogens is 2. The zero-order valence-electron chi connectivity index (χ0n) is 9.69. The van der Waals surface area contributed by atoms with Gasteiger partial charge in [0.2, 0.25) is 11.0 Å². The number of anilines is 1. The SMILES string of the molecule is NCCC(=O)Nc1nnc(-c2c(F)cccc2F)s1. The standard InChI is InChI=1S/C11H10F2N4OS/c12-6-2-1-3-7(13)9(6)10-16-17-11(19-10)15-8(18)4-5-14/h1-3H,4-5,14H2,(H,15,17,18). The summed E-state index contributed by atoms with van der Waals surface area (Å²) >= 11 is 0.894. The number of benzene rings is 1. The van der Waals surface area contributed by atoms with Gasteiger partial charge in [-0.05, 0) is 12.1 Å². The van der Waals surface area contributed by atoms with Crippen LogP contribution in [0.2, 0.25) is 0 Å². The van der Waals surface area contributed by atoms with E-state index in [0.29, 0.717) is 0 Å². The van der Waals surface area contributed by atoms with Gasteiger partial charge in [0.25, 0.3) is 0 Å². The molecule has 0 fully saturated rings. The van der Waals surface area contributed by atoms with Gasteiger partial charge in [0, 0.05) is 13.0 Å². The van der Waals surface area contributed by atoms with Gasteiger partial charge in [0.15, 0.2) is 5.01 Å². The predicted octanol–water partition coefficient (Wildman–Crippen LogP) is 1.77. The first-order chi connectivity index (χ1) is 9.11. The van der Waals surface area contributed by atoms with E-state index in [1.807, 2.05) is 0 Å². The summed E-state index contributed by atoms with van der Waals surface area (Å²) in [6.45, 7) is 0.208. The quantitative estimate of drug-likeness (QED) is 0.896. The summed E-state index contributed by atoms with van der Waals surface area (Å²) in [7, 11) is 0. The summed E-state index contributed by atoms with van der Waals surface area (Å²) in [5.74, 6) is -1.77. The molecule has 0 saturated carbocycles. The van der Waals surface area contributed by atoms with Gasteiger partial charge in [-0.15, -0.1) is 10.2 Å². The van der Waals surface area contributed by atoms with Crippen molar-refractivity contribution in [3.05, 3.63) is 29.8 Å². The van der Waals surface area contributed by atoms with Crippen LogP contribution in [0.4, 0.5) is 13.9 Å². The van der Waals surface area contributed by atoms with Crippen molar-refractivity contribution in [2.24, 2.45) is 5.73 Å². The number of nitrogens with one attached hydrogen (secondary N) is 1. The van der Waals surface area contributed by atoms with Crippen molar-refractivity contribution in [2.75, 3.05) is 11.9 Å². The number of hydrogen-bond donors (Lipinski definition) is 2. The molecule has 0 bridgehead atoms. The summed E-state index contributed by atoms with van der Waals surface area (Å²) in [5.41, 5.74) is 4.98. The van der Waals surface area contributed by atoms with E-state index in [1.165, 1.54) is 6.07 Å². The van der Waals surface area contributed by atoms with E-state index < -0.39 is 11.6 Å². The largest absolute Gasteiger partial charge is 0.330 e. The molecular formula is C11H10F2N4OS. The Hall–Kier alpha value is -1.93. The van der Waals surface area contributed by atoms with Crippen LogP contribution in [0.5, 0.6) is 0 Å². The van der Waals surface area contributed by atoms with E-state index in [0.717, 1.165) is 23.5 Å². The molecule has 5 nitrogen and oxygen atoms in total. The number of carbonyl (C=O) groups is 1. The molecule has 8 heteroatoms. The molecule has 1 aromatic heterocycles. The lowest BCUT2D eigenvalue weighted by molar-refractivity contribution is -0.116.